The third-order valence-electron chi connectivity index (χ3n) is 5.19. The van der Waals surface area contributed by atoms with Crippen molar-refractivity contribution >= 4 is 32.6 Å². The number of ether oxygens (including phenoxy) is 3. The number of aliphatic hydroxyl groups is 4. The molecule has 0 aromatic heterocycles. The average Bonchev–Trinajstić information content (AvgIpc) is 2.74. The summed E-state index contributed by atoms with van der Waals surface area (Å²) in [6, 6.07) is -3.23. The monoisotopic (exact) mass is 584 g/mol. The summed E-state index contributed by atoms with van der Waals surface area (Å²) in [5.74, 6) is -1.52. The molecule has 0 aromatic carbocycles. The number of nitrogens with one attached hydrogen (secondary N) is 2. The van der Waals surface area contributed by atoms with Crippen molar-refractivity contribution < 1.29 is 78.5 Å². The fourth-order valence-electron chi connectivity index (χ4n) is 3.77. The van der Waals surface area contributed by atoms with Gasteiger partial charge < -0.3 is 45.3 Å². The Balaban J connectivity index is 2.43. The molecular weight excluding hydrogens is 556 g/mol. The highest BCUT2D eigenvalue weighted by atomic mass is 32.3. The summed E-state index contributed by atoms with van der Waals surface area (Å²) >= 11 is 0. The van der Waals surface area contributed by atoms with Crippen molar-refractivity contribution in [2.24, 2.45) is 0 Å². The summed E-state index contributed by atoms with van der Waals surface area (Å²) in [5, 5.41) is 45.6. The molecule has 2 amide bonds. The quantitative estimate of drug-likeness (QED) is 0.111. The van der Waals surface area contributed by atoms with E-state index in [0.717, 1.165) is 13.8 Å². The van der Waals surface area contributed by atoms with E-state index in [2.05, 4.69) is 19.0 Å². The van der Waals surface area contributed by atoms with Gasteiger partial charge in [-0.2, -0.15) is 16.8 Å². The van der Waals surface area contributed by atoms with Gasteiger partial charge >= 0.3 is 20.8 Å². The predicted molar refractivity (Wildman–Crippen MR) is 113 cm³/mol. The highest BCUT2D eigenvalue weighted by Gasteiger charge is 2.53. The molecule has 0 radical (unpaired) electrons. The van der Waals surface area contributed by atoms with E-state index < -0.39 is 107 Å². The molecule has 2 aliphatic heterocycles. The molecular formula is C16H28N2O17S2. The van der Waals surface area contributed by atoms with Gasteiger partial charge in [-0.1, -0.05) is 0 Å². The molecule has 1 unspecified atom stereocenters. The minimum atomic E-state index is -5.31. The highest BCUT2D eigenvalue weighted by molar-refractivity contribution is 7.81. The molecule has 0 aromatic rings. The van der Waals surface area contributed by atoms with Crippen LogP contribution in [0.1, 0.15) is 13.8 Å². The summed E-state index contributed by atoms with van der Waals surface area (Å²) in [6.45, 7) is -0.0250. The minimum Gasteiger partial charge on any atom is -0.394 e. The van der Waals surface area contributed by atoms with Crippen LogP contribution in [0.25, 0.3) is 0 Å². The second-order valence-electron chi connectivity index (χ2n) is 8.03. The normalized spacial score (nSPS) is 37.1. The summed E-state index contributed by atoms with van der Waals surface area (Å²) in [4.78, 5) is 23.2. The molecule has 10 atom stereocenters. The third-order valence-corrected chi connectivity index (χ3v) is 6.09. The van der Waals surface area contributed by atoms with E-state index in [1.54, 1.807) is 0 Å². The Morgan fingerprint density at radius 2 is 1.38 bits per heavy atom. The number of hydrogen-bond donors (Lipinski definition) is 8. The van der Waals surface area contributed by atoms with Crippen molar-refractivity contribution in [3.63, 3.8) is 0 Å². The van der Waals surface area contributed by atoms with Gasteiger partial charge in [0, 0.05) is 13.8 Å². The zero-order valence-corrected chi connectivity index (χ0v) is 20.8. The summed E-state index contributed by atoms with van der Waals surface area (Å²) in [7, 11) is -10.4. The third kappa shape index (κ3) is 8.98. The first-order valence-electron chi connectivity index (χ1n) is 10.4. The van der Waals surface area contributed by atoms with Crippen molar-refractivity contribution in [1.82, 2.24) is 10.6 Å². The first-order valence-corrected chi connectivity index (χ1v) is 13.1. The maximum atomic E-state index is 11.8. The fraction of sp³-hybridized carbons (Fsp3) is 0.875. The number of rotatable bonds is 10. The predicted octanol–water partition coefficient (Wildman–Crippen LogP) is -5.46. The summed E-state index contributed by atoms with van der Waals surface area (Å²) in [5.41, 5.74) is 0. The lowest BCUT2D eigenvalue weighted by Crippen LogP contribution is -2.69. The number of aliphatic hydroxyl groups excluding tert-OH is 4. The molecule has 0 saturated carbocycles. The molecule has 37 heavy (non-hydrogen) atoms. The Morgan fingerprint density at radius 1 is 0.838 bits per heavy atom. The summed E-state index contributed by atoms with van der Waals surface area (Å²) in [6.07, 6.45) is -14.8. The first kappa shape index (κ1) is 31.6. The Bertz CT molecular complexity index is 1020. The molecule has 2 rings (SSSR count). The van der Waals surface area contributed by atoms with E-state index in [-0.39, 0.29) is 0 Å². The van der Waals surface area contributed by atoms with Gasteiger partial charge in [-0.3, -0.25) is 18.7 Å². The number of amides is 2. The molecule has 216 valence electrons. The molecule has 19 nitrogen and oxygen atoms in total. The topological polar surface area (TPSA) is 294 Å². The van der Waals surface area contributed by atoms with Gasteiger partial charge in [0.15, 0.2) is 12.6 Å². The van der Waals surface area contributed by atoms with E-state index in [4.69, 9.17) is 23.3 Å². The van der Waals surface area contributed by atoms with Crippen molar-refractivity contribution in [3.05, 3.63) is 0 Å². The maximum absolute atomic E-state index is 11.8. The first-order chi connectivity index (χ1) is 16.9. The van der Waals surface area contributed by atoms with E-state index in [9.17, 15) is 46.9 Å². The molecule has 8 N–H and O–H groups in total. The Morgan fingerprint density at radius 3 is 1.86 bits per heavy atom. The van der Waals surface area contributed by atoms with Crippen molar-refractivity contribution in [2.45, 2.75) is 75.1 Å². The number of carbonyl (C=O) groups is 2. The zero-order valence-electron chi connectivity index (χ0n) is 19.2. The van der Waals surface area contributed by atoms with Crippen LogP contribution < -0.4 is 10.6 Å². The van der Waals surface area contributed by atoms with Gasteiger partial charge in [0.2, 0.25) is 11.8 Å². The van der Waals surface area contributed by atoms with Gasteiger partial charge in [-0.05, 0) is 0 Å². The van der Waals surface area contributed by atoms with Crippen LogP contribution in [-0.4, -0.2) is 133 Å². The Hall–Kier alpha value is -1.60. The van der Waals surface area contributed by atoms with E-state index in [1.807, 2.05) is 0 Å². The van der Waals surface area contributed by atoms with Crippen LogP contribution in [0, 0.1) is 0 Å². The van der Waals surface area contributed by atoms with Crippen LogP contribution in [-0.2, 0) is 53.0 Å². The SMILES string of the molecule is CC(=O)N[C@H]1[C@H](O[C@H]2[C@H](O)[C@@H](NC(C)=O)C(O)O[C@@H]2CO)O[C@H](COS(=O)(=O)O)[C@H](OS(=O)(=O)O)[C@@H]1O. The van der Waals surface area contributed by atoms with E-state index in [0.29, 0.717) is 0 Å². The van der Waals surface area contributed by atoms with Gasteiger partial charge in [-0.25, -0.2) is 8.37 Å². The lowest BCUT2D eigenvalue weighted by atomic mass is 9.94. The van der Waals surface area contributed by atoms with E-state index >= 15 is 0 Å². The van der Waals surface area contributed by atoms with Crippen LogP contribution in [0.4, 0.5) is 0 Å². The molecule has 2 fully saturated rings. The van der Waals surface area contributed by atoms with Crippen LogP contribution in [0.15, 0.2) is 0 Å². The van der Waals surface area contributed by atoms with Crippen LogP contribution in [0.5, 0.6) is 0 Å². The highest BCUT2D eigenvalue weighted by Crippen LogP contribution is 2.30. The molecule has 0 bridgehead atoms. The van der Waals surface area contributed by atoms with Crippen molar-refractivity contribution in [2.75, 3.05) is 13.2 Å². The lowest BCUT2D eigenvalue weighted by molar-refractivity contribution is -0.325. The summed E-state index contributed by atoms with van der Waals surface area (Å²) < 4.78 is 87.2. The van der Waals surface area contributed by atoms with Crippen LogP contribution in [0.3, 0.4) is 0 Å². The number of hydrogen-bond acceptors (Lipinski definition) is 15. The molecule has 0 aliphatic carbocycles. The van der Waals surface area contributed by atoms with Crippen LogP contribution in [0.2, 0.25) is 0 Å². The minimum absolute atomic E-state index is 0.694. The van der Waals surface area contributed by atoms with E-state index in [1.165, 1.54) is 0 Å². The van der Waals surface area contributed by atoms with Gasteiger partial charge in [0.25, 0.3) is 0 Å². The van der Waals surface area contributed by atoms with Crippen LogP contribution >= 0.6 is 0 Å². The zero-order chi connectivity index (χ0) is 28.3. The largest absolute Gasteiger partial charge is 0.397 e. The maximum Gasteiger partial charge on any atom is 0.397 e. The van der Waals surface area contributed by atoms with Gasteiger partial charge in [0.1, 0.15) is 48.7 Å². The molecule has 21 heteroatoms. The average molecular weight is 585 g/mol. The van der Waals surface area contributed by atoms with Gasteiger partial charge in [-0.15, -0.1) is 0 Å². The molecule has 2 heterocycles. The Labute approximate surface area is 210 Å². The smallest absolute Gasteiger partial charge is 0.394 e. The second kappa shape index (κ2) is 12.5. The standard InChI is InChI=1S/C16H28N2O17S2/c1-5(20)17-9-11(22)13(7(3-19)32-15(9)24)34-16-10(18-6(2)21)12(23)14(35-37(28,29)30)8(33-16)4-31-36(25,26)27/h7-16,19,22-24H,3-4H2,1-2H3,(H,17,20)(H,18,21)(H,25,26,27)(H,28,29,30)/t7-,8-,9-,10-,11-,12-,13-,14+,15?,16+/m1/s1. The second-order valence-corrected chi connectivity index (χ2v) is 10.2. The fourth-order valence-corrected chi connectivity index (χ4v) is 4.59. The van der Waals surface area contributed by atoms with Crippen molar-refractivity contribution in [1.29, 1.82) is 0 Å². The molecule has 2 aliphatic rings. The Kier molecular flexibility index (Phi) is 10.7. The molecule has 2 saturated heterocycles. The lowest BCUT2D eigenvalue weighted by Gasteiger charge is -2.47. The van der Waals surface area contributed by atoms with Crippen molar-refractivity contribution in [3.8, 4) is 0 Å². The number of carbonyl (C=O) groups excluding carboxylic acids is 2. The molecule has 0 spiro atoms. The van der Waals surface area contributed by atoms with Gasteiger partial charge in [0.05, 0.1) is 13.2 Å².